The van der Waals surface area contributed by atoms with E-state index < -0.39 is 5.82 Å². The first kappa shape index (κ1) is 23.3. The smallest absolute Gasteiger partial charge is 0.168 e. The highest BCUT2D eigenvalue weighted by molar-refractivity contribution is 5.42. The maximum Gasteiger partial charge on any atom is 0.168 e. The van der Waals surface area contributed by atoms with Gasteiger partial charge in [0.25, 0.3) is 0 Å². The Balaban J connectivity index is 1.78. The van der Waals surface area contributed by atoms with Gasteiger partial charge in [-0.1, -0.05) is 34.9 Å². The minimum absolute atomic E-state index is 0.283. The number of hydrogen-bond acceptors (Lipinski definition) is 2. The molecule has 1 aromatic carbocycles. The second-order valence-corrected chi connectivity index (χ2v) is 8.96. The van der Waals surface area contributed by atoms with Gasteiger partial charge in [0.05, 0.1) is 0 Å². The lowest BCUT2D eigenvalue weighted by Crippen LogP contribution is -2.36. The second-order valence-electron chi connectivity index (χ2n) is 8.96. The van der Waals surface area contributed by atoms with Crippen molar-refractivity contribution < 1.29 is 14.2 Å². The van der Waals surface area contributed by atoms with Crippen molar-refractivity contribution in [2.75, 3.05) is 0 Å². The number of phenolic OH excluding ortho intramolecular Hbond substituents is 1. The summed E-state index contributed by atoms with van der Waals surface area (Å²) in [5, 5.41) is 9.53. The summed E-state index contributed by atoms with van der Waals surface area (Å²) in [6, 6.07) is 2.80. The average Bonchev–Trinajstić information content (AvgIpc) is 2.63. The fraction of sp³-hybridized carbons (Fsp3) is 0.538. The van der Waals surface area contributed by atoms with Gasteiger partial charge in [0.2, 0.25) is 0 Å². The number of benzene rings is 1. The molecule has 0 fully saturated rings. The van der Waals surface area contributed by atoms with Crippen LogP contribution >= 0.6 is 0 Å². The van der Waals surface area contributed by atoms with Gasteiger partial charge in [-0.3, -0.25) is 0 Å². The number of aromatic hydroxyl groups is 1. The SMILES string of the molecule is CC(C)=CCC/C(C)=C/CC/C(C)=C/CCC1(C)CCc2cc(O)c(F)cc2O1. The van der Waals surface area contributed by atoms with Crippen molar-refractivity contribution in [3.05, 3.63) is 58.5 Å². The summed E-state index contributed by atoms with van der Waals surface area (Å²) >= 11 is 0. The van der Waals surface area contributed by atoms with Gasteiger partial charge in [0, 0.05) is 6.07 Å². The lowest BCUT2D eigenvalue weighted by atomic mass is 9.88. The summed E-state index contributed by atoms with van der Waals surface area (Å²) in [4.78, 5) is 0. The largest absolute Gasteiger partial charge is 0.505 e. The molecule has 2 rings (SSSR count). The molecular formula is C26H37FO2. The summed E-state index contributed by atoms with van der Waals surface area (Å²) in [5.74, 6) is -0.341. The van der Waals surface area contributed by atoms with Gasteiger partial charge in [-0.25, -0.2) is 4.39 Å². The van der Waals surface area contributed by atoms with Crippen LogP contribution in [-0.4, -0.2) is 10.7 Å². The lowest BCUT2D eigenvalue weighted by molar-refractivity contribution is 0.0565. The molecule has 160 valence electrons. The Morgan fingerprint density at radius 1 is 1.03 bits per heavy atom. The first-order valence-corrected chi connectivity index (χ1v) is 10.8. The number of rotatable bonds is 9. The summed E-state index contributed by atoms with van der Waals surface area (Å²) in [7, 11) is 0. The summed E-state index contributed by atoms with van der Waals surface area (Å²) in [6.07, 6.45) is 15.0. The van der Waals surface area contributed by atoms with Crippen LogP contribution in [0.15, 0.2) is 47.1 Å². The molecule has 1 aliphatic rings. The van der Waals surface area contributed by atoms with E-state index >= 15 is 0 Å². The molecule has 0 saturated carbocycles. The van der Waals surface area contributed by atoms with Gasteiger partial charge in [0.1, 0.15) is 11.4 Å². The van der Waals surface area contributed by atoms with Crippen LogP contribution in [0.4, 0.5) is 4.39 Å². The van der Waals surface area contributed by atoms with Crippen molar-refractivity contribution in [2.45, 2.75) is 91.6 Å². The molecule has 1 aromatic rings. The van der Waals surface area contributed by atoms with Crippen LogP contribution in [0.25, 0.3) is 0 Å². The number of halogens is 1. The van der Waals surface area contributed by atoms with Crippen LogP contribution in [0, 0.1) is 5.82 Å². The second kappa shape index (κ2) is 10.7. The zero-order chi connectivity index (χ0) is 21.4. The number of phenols is 1. The Morgan fingerprint density at radius 3 is 2.31 bits per heavy atom. The molecular weight excluding hydrogens is 363 g/mol. The van der Waals surface area contributed by atoms with E-state index in [-0.39, 0.29) is 11.4 Å². The molecule has 0 aliphatic carbocycles. The van der Waals surface area contributed by atoms with E-state index in [1.165, 1.54) is 28.9 Å². The van der Waals surface area contributed by atoms with E-state index in [9.17, 15) is 9.50 Å². The topological polar surface area (TPSA) is 29.5 Å². The summed E-state index contributed by atoms with van der Waals surface area (Å²) < 4.78 is 19.8. The highest BCUT2D eigenvalue weighted by Crippen LogP contribution is 2.38. The third-order valence-corrected chi connectivity index (χ3v) is 5.70. The molecule has 0 radical (unpaired) electrons. The third-order valence-electron chi connectivity index (χ3n) is 5.70. The molecule has 1 unspecified atom stereocenters. The van der Waals surface area contributed by atoms with E-state index in [4.69, 9.17) is 4.74 Å². The predicted molar refractivity (Wildman–Crippen MR) is 120 cm³/mol. The molecule has 2 nitrogen and oxygen atoms in total. The molecule has 1 atom stereocenters. The van der Waals surface area contributed by atoms with Gasteiger partial charge >= 0.3 is 0 Å². The third kappa shape index (κ3) is 7.72. The van der Waals surface area contributed by atoms with Crippen molar-refractivity contribution >= 4 is 0 Å². The quantitative estimate of drug-likeness (QED) is 0.428. The van der Waals surface area contributed by atoms with Gasteiger partial charge in [-0.2, -0.15) is 0 Å². The van der Waals surface area contributed by atoms with Crippen LogP contribution in [0.3, 0.4) is 0 Å². The summed E-state index contributed by atoms with van der Waals surface area (Å²) in [6.45, 7) is 10.8. The molecule has 0 saturated heterocycles. The van der Waals surface area contributed by atoms with Crippen LogP contribution < -0.4 is 4.74 Å². The number of allylic oxidation sites excluding steroid dienone is 6. The minimum atomic E-state index is -0.618. The zero-order valence-corrected chi connectivity index (χ0v) is 18.8. The van der Waals surface area contributed by atoms with Crippen molar-refractivity contribution in [1.29, 1.82) is 0 Å². The molecule has 0 amide bonds. The fourth-order valence-electron chi connectivity index (χ4n) is 3.73. The fourth-order valence-corrected chi connectivity index (χ4v) is 3.73. The van der Waals surface area contributed by atoms with Gasteiger partial charge in [0.15, 0.2) is 11.6 Å². The van der Waals surface area contributed by atoms with E-state index in [0.29, 0.717) is 5.75 Å². The van der Waals surface area contributed by atoms with Crippen molar-refractivity contribution in [3.8, 4) is 11.5 Å². The van der Waals surface area contributed by atoms with Crippen molar-refractivity contribution in [2.24, 2.45) is 0 Å². The van der Waals surface area contributed by atoms with E-state index in [2.05, 4.69) is 52.8 Å². The van der Waals surface area contributed by atoms with Gasteiger partial charge in [-0.05, 0) is 97.6 Å². The Kier molecular flexibility index (Phi) is 8.55. The molecule has 1 aliphatic heterocycles. The van der Waals surface area contributed by atoms with Crippen LogP contribution in [0.1, 0.15) is 85.1 Å². The van der Waals surface area contributed by atoms with E-state index in [0.717, 1.165) is 56.9 Å². The number of ether oxygens (including phenoxy) is 1. The lowest BCUT2D eigenvalue weighted by Gasteiger charge is -2.36. The van der Waals surface area contributed by atoms with Gasteiger partial charge < -0.3 is 9.84 Å². The Labute approximate surface area is 176 Å². The maximum absolute atomic E-state index is 13.6. The Bertz CT molecular complexity index is 784. The van der Waals surface area contributed by atoms with Gasteiger partial charge in [-0.15, -0.1) is 0 Å². The normalized spacial score (nSPS) is 19.5. The number of fused-ring (bicyclic) bond motifs is 1. The van der Waals surface area contributed by atoms with Crippen molar-refractivity contribution in [3.63, 3.8) is 0 Å². The predicted octanol–water partition coefficient (Wildman–Crippen LogP) is 7.81. The highest BCUT2D eigenvalue weighted by atomic mass is 19.1. The zero-order valence-electron chi connectivity index (χ0n) is 18.8. The Morgan fingerprint density at radius 2 is 1.66 bits per heavy atom. The van der Waals surface area contributed by atoms with Crippen LogP contribution in [0.2, 0.25) is 0 Å². The van der Waals surface area contributed by atoms with E-state index in [1.54, 1.807) is 0 Å². The molecule has 0 aromatic heterocycles. The maximum atomic E-state index is 13.6. The first-order chi connectivity index (χ1) is 13.7. The highest BCUT2D eigenvalue weighted by Gasteiger charge is 2.31. The molecule has 1 heterocycles. The standard InChI is InChI=1S/C26H37FO2/c1-19(2)9-6-10-20(3)11-7-12-21(4)13-8-15-26(5)16-14-22-17-24(28)23(27)18-25(22)29-26/h9,11,13,17-18,28H,6-8,10,12,14-16H2,1-5H3/b20-11+,21-13+. The molecule has 29 heavy (non-hydrogen) atoms. The average molecular weight is 401 g/mol. The summed E-state index contributed by atoms with van der Waals surface area (Å²) in [5.41, 5.74) is 4.87. The Hall–Kier alpha value is -2.03. The van der Waals surface area contributed by atoms with Crippen molar-refractivity contribution in [1.82, 2.24) is 0 Å². The number of hydrogen-bond donors (Lipinski definition) is 1. The van der Waals surface area contributed by atoms with E-state index in [1.807, 2.05) is 0 Å². The molecule has 0 spiro atoms. The number of aryl methyl sites for hydroxylation is 1. The molecule has 1 N–H and O–H groups in total. The van der Waals surface area contributed by atoms with Crippen LogP contribution in [0.5, 0.6) is 11.5 Å². The molecule has 3 heteroatoms. The monoisotopic (exact) mass is 400 g/mol. The first-order valence-electron chi connectivity index (χ1n) is 10.8. The van der Waals surface area contributed by atoms with Crippen LogP contribution in [-0.2, 0) is 6.42 Å². The molecule has 0 bridgehead atoms. The minimum Gasteiger partial charge on any atom is -0.505 e.